The van der Waals surface area contributed by atoms with E-state index in [0.717, 1.165) is 23.4 Å². The summed E-state index contributed by atoms with van der Waals surface area (Å²) < 4.78 is 33.1. The zero-order valence-electron chi connectivity index (χ0n) is 16.5. The van der Waals surface area contributed by atoms with Crippen molar-refractivity contribution >= 4 is 11.8 Å². The van der Waals surface area contributed by atoms with Crippen molar-refractivity contribution in [2.24, 2.45) is 5.41 Å². The van der Waals surface area contributed by atoms with Gasteiger partial charge >= 0.3 is 0 Å². The van der Waals surface area contributed by atoms with Crippen LogP contribution >= 0.6 is 0 Å². The van der Waals surface area contributed by atoms with Crippen LogP contribution in [0.15, 0.2) is 42.5 Å². The van der Waals surface area contributed by atoms with Gasteiger partial charge in [-0.3, -0.25) is 9.59 Å². The summed E-state index contributed by atoms with van der Waals surface area (Å²) in [5, 5.41) is 2.90. The maximum Gasteiger partial charge on any atom is 0.259 e. The number of nitrogens with one attached hydrogen (secondary N) is 1. The van der Waals surface area contributed by atoms with Crippen molar-refractivity contribution in [3.63, 3.8) is 0 Å². The lowest BCUT2D eigenvalue weighted by Gasteiger charge is -2.39. The molecule has 2 amide bonds. The fraction of sp³-hybridized carbons (Fsp3) is 0.364. The van der Waals surface area contributed by atoms with Crippen LogP contribution in [-0.2, 0) is 11.3 Å². The molecule has 0 aromatic heterocycles. The minimum atomic E-state index is -0.897. The van der Waals surface area contributed by atoms with Crippen molar-refractivity contribution in [3.8, 4) is 5.75 Å². The smallest absolute Gasteiger partial charge is 0.259 e. The van der Waals surface area contributed by atoms with Gasteiger partial charge in [0.15, 0.2) is 0 Å². The van der Waals surface area contributed by atoms with E-state index in [1.807, 2.05) is 24.3 Å². The maximum absolute atomic E-state index is 14.0. The Kier molecular flexibility index (Phi) is 6.15. The Morgan fingerprint density at radius 3 is 2.41 bits per heavy atom. The summed E-state index contributed by atoms with van der Waals surface area (Å²) in [5.41, 5.74) is -0.488. The first-order valence-corrected chi connectivity index (χ1v) is 9.48. The van der Waals surface area contributed by atoms with E-state index in [1.54, 1.807) is 14.0 Å². The number of rotatable bonds is 5. The second kappa shape index (κ2) is 8.59. The molecule has 1 saturated heterocycles. The number of amides is 2. The largest absolute Gasteiger partial charge is 0.497 e. The quantitative estimate of drug-likeness (QED) is 0.832. The normalized spacial score (nSPS) is 19.0. The fourth-order valence-electron chi connectivity index (χ4n) is 3.60. The maximum atomic E-state index is 14.0. The van der Waals surface area contributed by atoms with Crippen LogP contribution < -0.4 is 10.1 Å². The minimum absolute atomic E-state index is 0.105. The predicted molar refractivity (Wildman–Crippen MR) is 104 cm³/mol. The van der Waals surface area contributed by atoms with Crippen molar-refractivity contribution in [3.05, 3.63) is 65.2 Å². The molecule has 1 atom stereocenters. The first-order valence-electron chi connectivity index (χ1n) is 9.48. The Bertz CT molecular complexity index is 881. The number of benzene rings is 2. The third-order valence-electron chi connectivity index (χ3n) is 5.32. The van der Waals surface area contributed by atoms with Crippen molar-refractivity contribution in [2.45, 2.75) is 26.3 Å². The van der Waals surface area contributed by atoms with E-state index in [-0.39, 0.29) is 12.5 Å². The zero-order chi connectivity index (χ0) is 21.0. The molecule has 1 aliphatic heterocycles. The topological polar surface area (TPSA) is 58.6 Å². The van der Waals surface area contributed by atoms with Crippen molar-refractivity contribution in [1.29, 1.82) is 0 Å². The molecule has 1 heterocycles. The van der Waals surface area contributed by atoms with Crippen LogP contribution in [0.1, 0.15) is 35.7 Å². The van der Waals surface area contributed by atoms with Crippen LogP contribution in [0.2, 0.25) is 0 Å². The number of carbonyl (C=O) groups is 2. The van der Waals surface area contributed by atoms with Crippen LogP contribution in [0, 0.1) is 17.0 Å². The lowest BCUT2D eigenvalue weighted by atomic mass is 9.80. The molecule has 1 aliphatic rings. The van der Waals surface area contributed by atoms with Gasteiger partial charge in [-0.1, -0.05) is 18.2 Å². The molecule has 29 heavy (non-hydrogen) atoms. The average molecular weight is 402 g/mol. The fourth-order valence-corrected chi connectivity index (χ4v) is 3.60. The molecule has 154 valence electrons. The summed E-state index contributed by atoms with van der Waals surface area (Å²) in [6.45, 7) is 2.57. The number of carbonyl (C=O) groups excluding carboxylic acids is 2. The van der Waals surface area contributed by atoms with Crippen molar-refractivity contribution in [1.82, 2.24) is 10.2 Å². The lowest BCUT2D eigenvalue weighted by molar-refractivity contribution is -0.132. The van der Waals surface area contributed by atoms with Crippen LogP contribution in [0.3, 0.4) is 0 Å². The van der Waals surface area contributed by atoms with Gasteiger partial charge in [-0.15, -0.1) is 0 Å². The summed E-state index contributed by atoms with van der Waals surface area (Å²) in [6.07, 6.45) is 1.17. The van der Waals surface area contributed by atoms with Gasteiger partial charge in [0, 0.05) is 19.6 Å². The number of halogens is 2. The second-order valence-corrected chi connectivity index (χ2v) is 7.52. The number of likely N-dealkylation sites (tertiary alicyclic amines) is 1. The molecule has 0 spiro atoms. The summed E-state index contributed by atoms with van der Waals surface area (Å²) in [6, 6.07) is 10.7. The average Bonchev–Trinajstić information content (AvgIpc) is 2.72. The number of hydrogen-bond acceptors (Lipinski definition) is 3. The number of ether oxygens (including phenoxy) is 1. The van der Waals surface area contributed by atoms with Crippen LogP contribution in [0.5, 0.6) is 5.75 Å². The highest BCUT2D eigenvalue weighted by Crippen LogP contribution is 2.31. The highest BCUT2D eigenvalue weighted by atomic mass is 19.1. The Balaban J connectivity index is 1.67. The van der Waals surface area contributed by atoms with Gasteiger partial charge < -0.3 is 15.0 Å². The van der Waals surface area contributed by atoms with Gasteiger partial charge in [-0.25, -0.2) is 8.78 Å². The van der Waals surface area contributed by atoms with Gasteiger partial charge in [0.1, 0.15) is 22.9 Å². The highest BCUT2D eigenvalue weighted by Gasteiger charge is 2.40. The third kappa shape index (κ3) is 4.55. The number of hydrogen-bond donors (Lipinski definition) is 1. The summed E-state index contributed by atoms with van der Waals surface area (Å²) in [7, 11) is 1.58. The molecule has 3 rings (SSSR count). The predicted octanol–water partition coefficient (Wildman–Crippen LogP) is 3.53. The van der Waals surface area contributed by atoms with Crippen molar-refractivity contribution < 1.29 is 23.1 Å². The van der Waals surface area contributed by atoms with E-state index in [2.05, 4.69) is 5.32 Å². The highest BCUT2D eigenvalue weighted by molar-refractivity contribution is 5.95. The van der Waals surface area contributed by atoms with Crippen molar-refractivity contribution in [2.75, 3.05) is 20.2 Å². The van der Waals surface area contributed by atoms with E-state index >= 15 is 0 Å². The number of methoxy groups -OCH3 is 1. The monoisotopic (exact) mass is 402 g/mol. The van der Waals surface area contributed by atoms with Gasteiger partial charge in [-0.2, -0.15) is 0 Å². The molecule has 1 N–H and O–H groups in total. The summed E-state index contributed by atoms with van der Waals surface area (Å²) >= 11 is 0. The van der Waals surface area contributed by atoms with Gasteiger partial charge in [0.05, 0.1) is 12.5 Å². The Labute approximate surface area is 168 Å². The van der Waals surface area contributed by atoms with E-state index in [1.165, 1.54) is 11.0 Å². The molecular formula is C22H24F2N2O3. The standard InChI is InChI=1S/C22H24F2N2O3/c1-22(21(28)25-13-15-7-9-16(29-2)10-8-15)11-4-12-26(14-22)20(27)19-17(23)5-3-6-18(19)24/h3,5-10H,4,11-14H2,1-2H3,(H,25,28). The second-order valence-electron chi connectivity index (χ2n) is 7.52. The zero-order valence-corrected chi connectivity index (χ0v) is 16.5. The van der Waals surface area contributed by atoms with Crippen LogP contribution in [-0.4, -0.2) is 36.9 Å². The van der Waals surface area contributed by atoms with Crippen LogP contribution in [0.4, 0.5) is 8.78 Å². The first kappa shape index (κ1) is 20.8. The van der Waals surface area contributed by atoms with Crippen LogP contribution in [0.25, 0.3) is 0 Å². The van der Waals surface area contributed by atoms with Gasteiger partial charge in [0.25, 0.3) is 5.91 Å². The molecule has 7 heteroatoms. The first-order chi connectivity index (χ1) is 13.8. The van der Waals surface area contributed by atoms with E-state index < -0.39 is 28.5 Å². The molecule has 5 nitrogen and oxygen atoms in total. The number of nitrogens with zero attached hydrogens (tertiary/aromatic N) is 1. The lowest BCUT2D eigenvalue weighted by Crippen LogP contribution is -2.52. The molecule has 2 aromatic carbocycles. The molecule has 1 unspecified atom stereocenters. The number of piperidine rings is 1. The molecule has 0 bridgehead atoms. The molecule has 0 aliphatic carbocycles. The molecule has 0 radical (unpaired) electrons. The molecule has 0 saturated carbocycles. The molecule has 1 fully saturated rings. The minimum Gasteiger partial charge on any atom is -0.497 e. The SMILES string of the molecule is COc1ccc(CNC(=O)C2(C)CCCN(C(=O)c3c(F)cccc3F)C2)cc1. The van der Waals surface area contributed by atoms with E-state index in [4.69, 9.17) is 4.74 Å². The summed E-state index contributed by atoms with van der Waals surface area (Å²) in [5.74, 6) is -1.99. The summed E-state index contributed by atoms with van der Waals surface area (Å²) in [4.78, 5) is 26.9. The van der Waals surface area contributed by atoms with E-state index in [0.29, 0.717) is 25.9 Å². The van der Waals surface area contributed by atoms with Gasteiger partial charge in [-0.05, 0) is 49.6 Å². The van der Waals surface area contributed by atoms with E-state index in [9.17, 15) is 18.4 Å². The Hall–Kier alpha value is -2.96. The van der Waals surface area contributed by atoms with Gasteiger partial charge in [0.2, 0.25) is 5.91 Å². The molecular weight excluding hydrogens is 378 g/mol. The Morgan fingerprint density at radius 2 is 1.79 bits per heavy atom. The Morgan fingerprint density at radius 1 is 1.14 bits per heavy atom. The molecule has 2 aromatic rings. The third-order valence-corrected chi connectivity index (χ3v) is 5.32.